The predicted octanol–water partition coefficient (Wildman–Crippen LogP) is -0.428. The number of amides is 1. The topological polar surface area (TPSA) is 109 Å². The maximum Gasteiger partial charge on any atom is 0.320 e. The summed E-state index contributed by atoms with van der Waals surface area (Å²) in [5.74, 6) is -1.41. The van der Waals surface area contributed by atoms with Crippen molar-refractivity contribution in [1.82, 2.24) is 5.32 Å². The largest absolute Gasteiger partial charge is 0.480 e. The minimum atomic E-state index is -1.15. The molecular formula is C10H18N2O4S. The standard InChI is InChI=1S/C10H18N2O4S/c1-2-8(13)7(5-17)12-9(14)4-3-6(11)10(15)16/h6-7,17H,2-5,11H2,1H3,(H,12,14)(H,15,16)/t6-,7-/m0/s1. The van der Waals surface area contributed by atoms with E-state index in [-0.39, 0.29) is 30.3 Å². The summed E-state index contributed by atoms with van der Waals surface area (Å²) in [4.78, 5) is 33.2. The number of nitrogens with two attached hydrogens (primary N) is 1. The summed E-state index contributed by atoms with van der Waals surface area (Å²) in [5, 5.41) is 11.0. The van der Waals surface area contributed by atoms with E-state index in [0.29, 0.717) is 6.42 Å². The quantitative estimate of drug-likeness (QED) is 0.444. The Balaban J connectivity index is 4.08. The highest BCUT2D eigenvalue weighted by atomic mass is 32.1. The van der Waals surface area contributed by atoms with Gasteiger partial charge in [-0.05, 0) is 6.42 Å². The maximum absolute atomic E-state index is 11.4. The molecule has 0 heterocycles. The van der Waals surface area contributed by atoms with Gasteiger partial charge in [0.1, 0.15) is 6.04 Å². The van der Waals surface area contributed by atoms with Crippen molar-refractivity contribution in [3.05, 3.63) is 0 Å². The van der Waals surface area contributed by atoms with Gasteiger partial charge in [0.2, 0.25) is 5.91 Å². The second-order valence-electron chi connectivity index (χ2n) is 3.61. The molecule has 0 aliphatic rings. The Morgan fingerprint density at radius 3 is 2.41 bits per heavy atom. The molecule has 0 saturated carbocycles. The second-order valence-corrected chi connectivity index (χ2v) is 3.97. The van der Waals surface area contributed by atoms with E-state index in [4.69, 9.17) is 10.8 Å². The number of nitrogens with one attached hydrogen (secondary N) is 1. The summed E-state index contributed by atoms with van der Waals surface area (Å²) in [6, 6.07) is -1.67. The van der Waals surface area contributed by atoms with Crippen LogP contribution < -0.4 is 11.1 Å². The van der Waals surface area contributed by atoms with Gasteiger partial charge in [0, 0.05) is 18.6 Å². The van der Waals surface area contributed by atoms with Crippen LogP contribution in [0.2, 0.25) is 0 Å². The first-order chi connectivity index (χ1) is 7.92. The zero-order chi connectivity index (χ0) is 13.4. The summed E-state index contributed by atoms with van der Waals surface area (Å²) in [6.45, 7) is 1.70. The first kappa shape index (κ1) is 15.9. The van der Waals surface area contributed by atoms with Crippen molar-refractivity contribution in [1.29, 1.82) is 0 Å². The van der Waals surface area contributed by atoms with Crippen LogP contribution in [-0.2, 0) is 14.4 Å². The highest BCUT2D eigenvalue weighted by Gasteiger charge is 2.19. The van der Waals surface area contributed by atoms with Gasteiger partial charge in [-0.15, -0.1) is 0 Å². The van der Waals surface area contributed by atoms with Gasteiger partial charge >= 0.3 is 5.97 Å². The van der Waals surface area contributed by atoms with Gasteiger partial charge in [0.15, 0.2) is 5.78 Å². The van der Waals surface area contributed by atoms with Crippen LogP contribution in [0.25, 0.3) is 0 Å². The number of Topliss-reactive ketones (excluding diaryl/α,β-unsaturated/α-hetero) is 1. The first-order valence-electron chi connectivity index (χ1n) is 5.33. The van der Waals surface area contributed by atoms with E-state index in [1.807, 2.05) is 0 Å². The third-order valence-corrected chi connectivity index (χ3v) is 2.62. The molecule has 0 unspecified atom stereocenters. The molecule has 6 nitrogen and oxygen atoms in total. The van der Waals surface area contributed by atoms with Crippen molar-refractivity contribution < 1.29 is 19.5 Å². The third-order valence-electron chi connectivity index (χ3n) is 2.25. The van der Waals surface area contributed by atoms with Crippen molar-refractivity contribution in [2.45, 2.75) is 38.3 Å². The molecular weight excluding hydrogens is 244 g/mol. The molecule has 98 valence electrons. The number of carbonyl (C=O) groups excluding carboxylic acids is 2. The summed E-state index contributed by atoms with van der Waals surface area (Å²) in [7, 11) is 0. The van der Waals surface area contributed by atoms with E-state index in [9.17, 15) is 14.4 Å². The fraction of sp³-hybridized carbons (Fsp3) is 0.700. The van der Waals surface area contributed by atoms with E-state index >= 15 is 0 Å². The average molecular weight is 262 g/mol. The van der Waals surface area contributed by atoms with Gasteiger partial charge in [-0.1, -0.05) is 6.92 Å². The Bertz CT molecular complexity index is 296. The summed E-state index contributed by atoms with van der Waals surface area (Å²) >= 11 is 3.97. The van der Waals surface area contributed by atoms with Crippen LogP contribution in [0.1, 0.15) is 26.2 Å². The molecule has 7 heteroatoms. The number of carboxylic acids is 1. The van der Waals surface area contributed by atoms with E-state index in [1.165, 1.54) is 0 Å². The van der Waals surface area contributed by atoms with Crippen LogP contribution in [0.3, 0.4) is 0 Å². The number of thiol groups is 1. The zero-order valence-corrected chi connectivity index (χ0v) is 10.6. The third kappa shape index (κ3) is 6.28. The molecule has 0 bridgehead atoms. The number of ketones is 1. The summed E-state index contributed by atoms with van der Waals surface area (Å²) < 4.78 is 0. The Kier molecular flexibility index (Phi) is 7.56. The molecule has 0 aromatic heterocycles. The number of hydrogen-bond donors (Lipinski definition) is 4. The van der Waals surface area contributed by atoms with Crippen molar-refractivity contribution in [2.24, 2.45) is 5.73 Å². The van der Waals surface area contributed by atoms with Crippen molar-refractivity contribution in [3.63, 3.8) is 0 Å². The SMILES string of the molecule is CCC(=O)[C@H](CS)NC(=O)CC[C@H](N)C(=O)O. The fourth-order valence-corrected chi connectivity index (χ4v) is 1.45. The normalized spacial score (nSPS) is 13.8. The van der Waals surface area contributed by atoms with Gasteiger partial charge in [-0.2, -0.15) is 12.6 Å². The van der Waals surface area contributed by atoms with E-state index in [2.05, 4.69) is 17.9 Å². The fourth-order valence-electron chi connectivity index (χ4n) is 1.15. The lowest BCUT2D eigenvalue weighted by atomic mass is 10.1. The summed E-state index contributed by atoms with van der Waals surface area (Å²) in [6.07, 6.45) is 0.343. The molecule has 0 spiro atoms. The van der Waals surface area contributed by atoms with Gasteiger partial charge in [0.25, 0.3) is 0 Å². The first-order valence-corrected chi connectivity index (χ1v) is 5.96. The molecule has 17 heavy (non-hydrogen) atoms. The lowest BCUT2D eigenvalue weighted by Crippen LogP contribution is -2.42. The van der Waals surface area contributed by atoms with Crippen molar-refractivity contribution in [3.8, 4) is 0 Å². The minimum absolute atomic E-state index is 0.0191. The Hall–Kier alpha value is -1.08. The lowest BCUT2D eigenvalue weighted by Gasteiger charge is -2.15. The van der Waals surface area contributed by atoms with Crippen LogP contribution >= 0.6 is 12.6 Å². The van der Waals surface area contributed by atoms with Crippen LogP contribution in [0.5, 0.6) is 0 Å². The molecule has 0 aromatic carbocycles. The van der Waals surface area contributed by atoms with Crippen LogP contribution in [0, 0.1) is 0 Å². The smallest absolute Gasteiger partial charge is 0.320 e. The van der Waals surface area contributed by atoms with Gasteiger partial charge in [-0.25, -0.2) is 0 Å². The highest BCUT2D eigenvalue weighted by molar-refractivity contribution is 7.80. The maximum atomic E-state index is 11.4. The predicted molar refractivity (Wildman–Crippen MR) is 65.9 cm³/mol. The molecule has 0 aromatic rings. The number of carbonyl (C=O) groups is 3. The molecule has 0 aliphatic heterocycles. The van der Waals surface area contributed by atoms with Gasteiger partial charge < -0.3 is 16.2 Å². The van der Waals surface area contributed by atoms with Gasteiger partial charge in [0.05, 0.1) is 6.04 Å². The molecule has 1 amide bonds. The molecule has 0 aliphatic carbocycles. The molecule has 0 saturated heterocycles. The molecule has 4 N–H and O–H groups in total. The zero-order valence-electron chi connectivity index (χ0n) is 9.68. The molecule has 2 atom stereocenters. The van der Waals surface area contributed by atoms with E-state index in [1.54, 1.807) is 6.92 Å². The highest BCUT2D eigenvalue weighted by Crippen LogP contribution is 1.99. The average Bonchev–Trinajstić information content (AvgIpc) is 2.31. The number of rotatable bonds is 8. The molecule has 0 fully saturated rings. The van der Waals surface area contributed by atoms with Crippen LogP contribution in [0.15, 0.2) is 0 Å². The van der Waals surface area contributed by atoms with Crippen LogP contribution in [0.4, 0.5) is 0 Å². The summed E-state index contributed by atoms with van der Waals surface area (Å²) in [5.41, 5.74) is 5.25. The Labute approximate surface area is 105 Å². The Morgan fingerprint density at radius 2 is 2.00 bits per heavy atom. The number of carboxylic acid groups (broad SMARTS) is 1. The molecule has 0 radical (unpaired) electrons. The lowest BCUT2D eigenvalue weighted by molar-refractivity contribution is -0.138. The van der Waals surface area contributed by atoms with Crippen molar-refractivity contribution in [2.75, 3.05) is 5.75 Å². The Morgan fingerprint density at radius 1 is 1.41 bits per heavy atom. The van der Waals surface area contributed by atoms with E-state index in [0.717, 1.165) is 0 Å². The molecule has 0 rings (SSSR count). The monoisotopic (exact) mass is 262 g/mol. The van der Waals surface area contributed by atoms with Gasteiger partial charge in [-0.3, -0.25) is 14.4 Å². The second kappa shape index (κ2) is 8.08. The minimum Gasteiger partial charge on any atom is -0.480 e. The van der Waals surface area contributed by atoms with E-state index < -0.39 is 18.1 Å². The van der Waals surface area contributed by atoms with Crippen LogP contribution in [-0.4, -0.2) is 40.6 Å². The van der Waals surface area contributed by atoms with Crippen molar-refractivity contribution >= 4 is 30.3 Å². The number of hydrogen-bond acceptors (Lipinski definition) is 5. The number of aliphatic carboxylic acids is 1.